The van der Waals surface area contributed by atoms with E-state index in [9.17, 15) is 19.2 Å². The molecule has 0 spiro atoms. The van der Waals surface area contributed by atoms with Gasteiger partial charge in [-0.2, -0.15) is 0 Å². The number of hydrogen-bond donors (Lipinski definition) is 3. The Kier molecular flexibility index (Phi) is 9.40. The van der Waals surface area contributed by atoms with Crippen LogP contribution in [-0.4, -0.2) is 84.2 Å². The second kappa shape index (κ2) is 12.8. The Bertz CT molecular complexity index is 1170. The van der Waals surface area contributed by atoms with Crippen LogP contribution in [0.25, 0.3) is 0 Å². The van der Waals surface area contributed by atoms with Gasteiger partial charge in [0.2, 0.25) is 5.91 Å². The van der Waals surface area contributed by atoms with E-state index in [4.69, 9.17) is 0 Å². The summed E-state index contributed by atoms with van der Waals surface area (Å²) in [4.78, 5) is 59.6. The quantitative estimate of drug-likeness (QED) is 0.447. The highest BCUT2D eigenvalue weighted by atomic mass is 16.2. The fourth-order valence-electron chi connectivity index (χ4n) is 5.80. The topological polar surface area (TPSA) is 124 Å². The van der Waals surface area contributed by atoms with Gasteiger partial charge in [0.25, 0.3) is 5.91 Å². The van der Waals surface area contributed by atoms with Crippen molar-refractivity contribution in [2.45, 2.75) is 64.5 Å². The summed E-state index contributed by atoms with van der Waals surface area (Å²) >= 11 is 0. The molecule has 0 radical (unpaired) electrons. The third kappa shape index (κ3) is 7.56. The molecular formula is C30H42N6O4. The Morgan fingerprint density at radius 3 is 2.42 bits per heavy atom. The summed E-state index contributed by atoms with van der Waals surface area (Å²) in [5.41, 5.74) is 1.50. The highest BCUT2D eigenvalue weighted by Crippen LogP contribution is 2.32. The van der Waals surface area contributed by atoms with Gasteiger partial charge >= 0.3 is 11.8 Å². The summed E-state index contributed by atoms with van der Waals surface area (Å²) in [6, 6.07) is 2.42. The van der Waals surface area contributed by atoms with Crippen LogP contribution >= 0.6 is 0 Å². The molecule has 3 N–H and O–H groups in total. The van der Waals surface area contributed by atoms with E-state index in [2.05, 4.69) is 38.8 Å². The monoisotopic (exact) mass is 550 g/mol. The van der Waals surface area contributed by atoms with Crippen LogP contribution < -0.4 is 16.0 Å². The lowest BCUT2D eigenvalue weighted by molar-refractivity contribution is -0.138. The first kappa shape index (κ1) is 29.5. The van der Waals surface area contributed by atoms with Crippen LogP contribution in [0.3, 0.4) is 0 Å². The van der Waals surface area contributed by atoms with Crippen molar-refractivity contribution in [2.75, 3.05) is 39.0 Å². The lowest BCUT2D eigenvalue weighted by Gasteiger charge is -2.37. The van der Waals surface area contributed by atoms with Crippen molar-refractivity contribution in [2.24, 2.45) is 11.3 Å². The first-order chi connectivity index (χ1) is 19.0. The molecule has 1 unspecified atom stereocenters. The summed E-state index contributed by atoms with van der Waals surface area (Å²) in [5.74, 6) is -1.89. The predicted molar refractivity (Wildman–Crippen MR) is 153 cm³/mol. The first-order valence-corrected chi connectivity index (χ1v) is 14.2. The summed E-state index contributed by atoms with van der Waals surface area (Å²) in [5, 5.41) is 8.36. The molecule has 0 bridgehead atoms. The Balaban J connectivity index is 1.40. The van der Waals surface area contributed by atoms with Crippen LogP contribution in [0.1, 0.15) is 51.0 Å². The maximum Gasteiger partial charge on any atom is 0.314 e. The van der Waals surface area contributed by atoms with Crippen molar-refractivity contribution in [3.8, 4) is 0 Å². The minimum Gasteiger partial charge on any atom is -0.349 e. The number of nitrogens with zero attached hydrogens (tertiary/aromatic N) is 3. The standard InChI is InChI=1S/C30H42N6O4/c1-20-7-10-25(31-18-20)34-28(39)27(38)32-23-9-8-22(29(40)35(3)4)17-24(23)33-26(37)21-11-13-30(2,14-12-21)19-36-15-5-6-16-36/h7,10-13,18,22-24H,5-6,8-9,14-17,19H2,1-4H3,(H,32,38)(H,33,37)(H,31,34,39)/t22-,23-,24+,30?/m0/s1. The van der Waals surface area contributed by atoms with Gasteiger partial charge in [-0.25, -0.2) is 4.98 Å². The molecule has 10 heteroatoms. The second-order valence-corrected chi connectivity index (χ2v) is 11.9. The number of allylic oxidation sites excluding steroid dienone is 1. The number of rotatable bonds is 7. The lowest BCUT2D eigenvalue weighted by Crippen LogP contribution is -2.57. The number of carbonyl (C=O) groups excluding carboxylic acids is 4. The summed E-state index contributed by atoms with van der Waals surface area (Å²) in [6.45, 7) is 7.32. The molecule has 1 saturated heterocycles. The molecule has 10 nitrogen and oxygen atoms in total. The molecule has 1 aromatic rings. The number of pyridine rings is 1. The molecule has 3 aliphatic rings. The van der Waals surface area contributed by atoms with Crippen LogP contribution in [0, 0.1) is 18.3 Å². The van der Waals surface area contributed by atoms with Gasteiger partial charge in [-0.3, -0.25) is 19.2 Å². The third-order valence-electron chi connectivity index (χ3n) is 8.13. The highest BCUT2D eigenvalue weighted by Gasteiger charge is 2.37. The molecule has 216 valence electrons. The SMILES string of the molecule is Cc1ccc(NC(=O)C(=O)N[C@H]2CC[C@H](C(=O)N(C)C)C[C@H]2NC(=O)C2=CCC(C)(CN3CCCC3)C=C2)nc1. The number of anilines is 1. The van der Waals surface area contributed by atoms with Crippen molar-refractivity contribution < 1.29 is 19.2 Å². The first-order valence-electron chi connectivity index (χ1n) is 14.2. The van der Waals surface area contributed by atoms with Gasteiger partial charge in [-0.15, -0.1) is 0 Å². The zero-order chi connectivity index (χ0) is 28.9. The van der Waals surface area contributed by atoms with E-state index < -0.39 is 23.9 Å². The zero-order valence-electron chi connectivity index (χ0n) is 24.0. The lowest BCUT2D eigenvalue weighted by atomic mass is 9.80. The van der Waals surface area contributed by atoms with E-state index in [1.165, 1.54) is 12.8 Å². The number of aromatic nitrogens is 1. The van der Waals surface area contributed by atoms with Crippen LogP contribution in [0.15, 0.2) is 42.1 Å². The summed E-state index contributed by atoms with van der Waals surface area (Å²) in [7, 11) is 3.42. The number of likely N-dealkylation sites (tertiary alicyclic amines) is 1. The average Bonchev–Trinajstić information content (AvgIpc) is 3.43. The van der Waals surface area contributed by atoms with E-state index in [1.807, 2.05) is 19.1 Å². The Morgan fingerprint density at radius 1 is 1.05 bits per heavy atom. The Morgan fingerprint density at radius 2 is 1.80 bits per heavy atom. The van der Waals surface area contributed by atoms with E-state index in [0.717, 1.165) is 31.6 Å². The van der Waals surface area contributed by atoms with Crippen molar-refractivity contribution >= 4 is 29.4 Å². The van der Waals surface area contributed by atoms with Gasteiger partial charge in [-0.05, 0) is 70.2 Å². The van der Waals surface area contributed by atoms with E-state index in [-0.39, 0.29) is 29.0 Å². The molecule has 2 fully saturated rings. The molecule has 4 amide bonds. The normalized spacial score (nSPS) is 26.5. The summed E-state index contributed by atoms with van der Waals surface area (Å²) < 4.78 is 0. The highest BCUT2D eigenvalue weighted by molar-refractivity contribution is 6.39. The van der Waals surface area contributed by atoms with Crippen molar-refractivity contribution in [1.82, 2.24) is 25.4 Å². The van der Waals surface area contributed by atoms with Gasteiger partial charge in [-0.1, -0.05) is 31.2 Å². The predicted octanol–water partition coefficient (Wildman–Crippen LogP) is 2.17. The molecular weight excluding hydrogens is 508 g/mol. The number of aryl methyl sites for hydroxylation is 1. The maximum absolute atomic E-state index is 13.3. The molecule has 4 atom stereocenters. The van der Waals surface area contributed by atoms with Crippen molar-refractivity contribution in [1.29, 1.82) is 0 Å². The number of nitrogens with one attached hydrogen (secondary N) is 3. The van der Waals surface area contributed by atoms with Crippen molar-refractivity contribution in [3.63, 3.8) is 0 Å². The Labute approximate surface area is 236 Å². The minimum absolute atomic E-state index is 0.0123. The van der Waals surface area contributed by atoms with Crippen LogP contribution in [-0.2, 0) is 19.2 Å². The van der Waals surface area contributed by atoms with Crippen LogP contribution in [0.2, 0.25) is 0 Å². The molecule has 1 aromatic heterocycles. The van der Waals surface area contributed by atoms with E-state index >= 15 is 0 Å². The number of amides is 4. The van der Waals surface area contributed by atoms with E-state index in [0.29, 0.717) is 24.8 Å². The van der Waals surface area contributed by atoms with Gasteiger partial charge in [0.1, 0.15) is 5.82 Å². The van der Waals surface area contributed by atoms with Crippen LogP contribution in [0.5, 0.6) is 0 Å². The fraction of sp³-hybridized carbons (Fsp3) is 0.567. The van der Waals surface area contributed by atoms with Crippen molar-refractivity contribution in [3.05, 3.63) is 47.7 Å². The second-order valence-electron chi connectivity index (χ2n) is 11.9. The van der Waals surface area contributed by atoms with Gasteiger partial charge in [0.05, 0.1) is 6.04 Å². The Hall–Kier alpha value is -3.53. The summed E-state index contributed by atoms with van der Waals surface area (Å²) in [6.07, 6.45) is 12.2. The van der Waals surface area contributed by atoms with Gasteiger partial charge in [0.15, 0.2) is 0 Å². The molecule has 4 rings (SSSR count). The van der Waals surface area contributed by atoms with Gasteiger partial charge in [0, 0.05) is 49.8 Å². The average molecular weight is 551 g/mol. The number of carbonyl (C=O) groups is 4. The largest absolute Gasteiger partial charge is 0.349 e. The zero-order valence-corrected chi connectivity index (χ0v) is 24.0. The van der Waals surface area contributed by atoms with E-state index in [1.54, 1.807) is 37.3 Å². The number of hydrogen-bond acceptors (Lipinski definition) is 6. The fourth-order valence-corrected chi connectivity index (χ4v) is 5.80. The van der Waals surface area contributed by atoms with Crippen LogP contribution in [0.4, 0.5) is 5.82 Å². The molecule has 2 heterocycles. The minimum atomic E-state index is -0.830. The third-order valence-corrected chi connectivity index (χ3v) is 8.13. The molecule has 1 saturated carbocycles. The molecule has 0 aromatic carbocycles. The smallest absolute Gasteiger partial charge is 0.314 e. The molecule has 1 aliphatic heterocycles. The maximum atomic E-state index is 13.3. The molecule has 2 aliphatic carbocycles. The van der Waals surface area contributed by atoms with Gasteiger partial charge < -0.3 is 25.8 Å². The molecule has 40 heavy (non-hydrogen) atoms.